The van der Waals surface area contributed by atoms with E-state index in [0.29, 0.717) is 37.6 Å². The minimum absolute atomic E-state index is 0.148. The van der Waals surface area contributed by atoms with Gasteiger partial charge in [0.15, 0.2) is 0 Å². The van der Waals surface area contributed by atoms with Crippen molar-refractivity contribution in [2.24, 2.45) is 5.92 Å². The Morgan fingerprint density at radius 3 is 2.31 bits per heavy atom. The van der Waals surface area contributed by atoms with E-state index < -0.39 is 30.0 Å². The van der Waals surface area contributed by atoms with Crippen LogP contribution in [0.4, 0.5) is 10.5 Å². The number of hydrogen-bond acceptors (Lipinski definition) is 6. The second kappa shape index (κ2) is 11.4. The Morgan fingerprint density at radius 2 is 1.69 bits per heavy atom. The van der Waals surface area contributed by atoms with E-state index in [-0.39, 0.29) is 18.9 Å². The van der Waals surface area contributed by atoms with Crippen LogP contribution in [0.1, 0.15) is 30.5 Å². The highest BCUT2D eigenvalue weighted by molar-refractivity contribution is 5.96. The Hall–Kier alpha value is -3.59. The zero-order chi connectivity index (χ0) is 25.7. The van der Waals surface area contributed by atoms with Gasteiger partial charge >= 0.3 is 12.0 Å². The normalized spacial score (nSPS) is 21.7. The first-order chi connectivity index (χ1) is 17.4. The number of carbonyl (C=O) groups excluding carboxylic acids is 3. The summed E-state index contributed by atoms with van der Waals surface area (Å²) < 4.78 is 10.6. The number of aryl methyl sites for hydroxylation is 1. The highest BCUT2D eigenvalue weighted by atomic mass is 16.5. The Balaban J connectivity index is 1.72. The number of nitrogens with one attached hydrogen (secondary N) is 2. The van der Waals surface area contributed by atoms with E-state index in [1.807, 2.05) is 31.2 Å². The highest BCUT2D eigenvalue weighted by Crippen LogP contribution is 2.43. The molecule has 0 saturated carbocycles. The van der Waals surface area contributed by atoms with Crippen molar-refractivity contribution in [3.63, 3.8) is 0 Å². The van der Waals surface area contributed by atoms with E-state index >= 15 is 0 Å². The molecule has 2 aromatic carbocycles. The Labute approximate surface area is 211 Å². The monoisotopic (exact) mass is 494 g/mol. The number of methoxy groups -OCH3 is 1. The van der Waals surface area contributed by atoms with Crippen LogP contribution in [-0.2, 0) is 14.3 Å². The summed E-state index contributed by atoms with van der Waals surface area (Å²) in [6, 6.07) is 12.8. The molecular weight excluding hydrogens is 460 g/mol. The average molecular weight is 495 g/mol. The van der Waals surface area contributed by atoms with E-state index in [1.54, 1.807) is 48.1 Å². The van der Waals surface area contributed by atoms with Crippen molar-refractivity contribution in [2.75, 3.05) is 45.2 Å². The van der Waals surface area contributed by atoms with Crippen LogP contribution in [0.5, 0.6) is 5.75 Å². The summed E-state index contributed by atoms with van der Waals surface area (Å²) in [5.41, 5.74) is 2.42. The number of nitrogens with zero attached hydrogens (tertiary/aromatic N) is 2. The van der Waals surface area contributed by atoms with Crippen molar-refractivity contribution < 1.29 is 23.9 Å². The third kappa shape index (κ3) is 5.46. The lowest BCUT2D eigenvalue weighted by Gasteiger charge is -2.35. The van der Waals surface area contributed by atoms with Gasteiger partial charge in [-0.15, -0.1) is 0 Å². The molecule has 192 valence electrons. The Kier molecular flexibility index (Phi) is 8.10. The van der Waals surface area contributed by atoms with Gasteiger partial charge in [0.1, 0.15) is 11.8 Å². The molecule has 0 bridgehead atoms. The molecule has 4 rings (SSSR count). The van der Waals surface area contributed by atoms with Crippen LogP contribution in [0, 0.1) is 12.8 Å². The van der Waals surface area contributed by atoms with Gasteiger partial charge in [-0.05, 0) is 50.1 Å². The molecule has 2 aliphatic rings. The van der Waals surface area contributed by atoms with Crippen LogP contribution in [0.2, 0.25) is 0 Å². The fourth-order valence-corrected chi connectivity index (χ4v) is 4.95. The maximum Gasteiger partial charge on any atom is 0.323 e. The van der Waals surface area contributed by atoms with Gasteiger partial charge < -0.3 is 29.9 Å². The molecule has 0 aromatic heterocycles. The minimum Gasteiger partial charge on any atom is -0.497 e. The number of ether oxygens (including phenoxy) is 2. The van der Waals surface area contributed by atoms with E-state index in [0.717, 1.165) is 11.1 Å². The summed E-state index contributed by atoms with van der Waals surface area (Å²) in [7, 11) is 1.58. The molecule has 0 aliphatic carbocycles. The number of carbonyl (C=O) groups is 3. The Bertz CT molecular complexity index is 1070. The van der Waals surface area contributed by atoms with Gasteiger partial charge in [-0.1, -0.05) is 29.8 Å². The maximum atomic E-state index is 13.8. The molecule has 2 fully saturated rings. The van der Waals surface area contributed by atoms with Crippen molar-refractivity contribution in [3.05, 3.63) is 59.7 Å². The van der Waals surface area contributed by atoms with Crippen LogP contribution in [0.15, 0.2) is 48.5 Å². The van der Waals surface area contributed by atoms with Crippen LogP contribution in [-0.4, -0.2) is 73.6 Å². The van der Waals surface area contributed by atoms with Gasteiger partial charge in [-0.2, -0.15) is 0 Å². The number of anilines is 1. The lowest BCUT2D eigenvalue weighted by molar-refractivity contribution is -0.148. The van der Waals surface area contributed by atoms with Gasteiger partial charge in [0.2, 0.25) is 5.91 Å². The van der Waals surface area contributed by atoms with Crippen LogP contribution in [0.3, 0.4) is 0 Å². The molecule has 3 atom stereocenters. The molecule has 36 heavy (non-hydrogen) atoms. The lowest BCUT2D eigenvalue weighted by Crippen LogP contribution is -2.54. The largest absolute Gasteiger partial charge is 0.497 e. The van der Waals surface area contributed by atoms with Crippen molar-refractivity contribution in [2.45, 2.75) is 32.4 Å². The SMILES string of the molecule is CCOC(=O)C1CC(C(=O)N2CCNCC2)N(C(=O)Nc2ccc(OC)cc2)C1c1ccc(C)cc1. The number of hydrogen-bond donors (Lipinski definition) is 2. The van der Waals surface area contributed by atoms with Gasteiger partial charge in [0.05, 0.1) is 25.7 Å². The number of rotatable bonds is 6. The topological polar surface area (TPSA) is 100 Å². The Morgan fingerprint density at radius 1 is 1.03 bits per heavy atom. The highest BCUT2D eigenvalue weighted by Gasteiger charge is 2.52. The fraction of sp³-hybridized carbons (Fsp3) is 0.444. The third-order valence-corrected chi connectivity index (χ3v) is 6.79. The summed E-state index contributed by atoms with van der Waals surface area (Å²) in [6.45, 7) is 6.46. The van der Waals surface area contributed by atoms with Crippen molar-refractivity contribution in [1.82, 2.24) is 15.1 Å². The summed E-state index contributed by atoms with van der Waals surface area (Å²) in [4.78, 5) is 43.9. The first-order valence-corrected chi connectivity index (χ1v) is 12.4. The second-order valence-electron chi connectivity index (χ2n) is 9.11. The minimum atomic E-state index is -0.790. The summed E-state index contributed by atoms with van der Waals surface area (Å²) in [5.74, 6) is -0.543. The summed E-state index contributed by atoms with van der Waals surface area (Å²) >= 11 is 0. The summed E-state index contributed by atoms with van der Waals surface area (Å²) in [5, 5.41) is 6.17. The molecule has 0 spiro atoms. The van der Waals surface area contributed by atoms with Gasteiger partial charge in [0.25, 0.3) is 0 Å². The van der Waals surface area contributed by atoms with Crippen LogP contribution >= 0.6 is 0 Å². The molecule has 3 amide bonds. The van der Waals surface area contributed by atoms with Gasteiger partial charge in [-0.25, -0.2) is 4.79 Å². The predicted octanol–water partition coefficient (Wildman–Crippen LogP) is 2.96. The number of piperazine rings is 1. The molecule has 2 aliphatic heterocycles. The fourth-order valence-electron chi connectivity index (χ4n) is 4.95. The van der Waals surface area contributed by atoms with Crippen molar-refractivity contribution in [1.29, 1.82) is 0 Å². The number of amides is 3. The molecule has 9 nitrogen and oxygen atoms in total. The maximum absolute atomic E-state index is 13.8. The molecule has 2 heterocycles. The number of likely N-dealkylation sites (tertiary alicyclic amines) is 1. The van der Waals surface area contributed by atoms with E-state index in [9.17, 15) is 14.4 Å². The van der Waals surface area contributed by atoms with Crippen molar-refractivity contribution in [3.8, 4) is 5.75 Å². The molecule has 2 saturated heterocycles. The van der Waals surface area contributed by atoms with E-state index in [2.05, 4.69) is 10.6 Å². The third-order valence-electron chi connectivity index (χ3n) is 6.79. The molecule has 9 heteroatoms. The number of urea groups is 1. The van der Waals surface area contributed by atoms with Crippen LogP contribution < -0.4 is 15.4 Å². The van der Waals surface area contributed by atoms with Gasteiger partial charge in [0, 0.05) is 31.9 Å². The van der Waals surface area contributed by atoms with Crippen LogP contribution in [0.25, 0.3) is 0 Å². The van der Waals surface area contributed by atoms with E-state index in [1.165, 1.54) is 0 Å². The lowest BCUT2D eigenvalue weighted by atomic mass is 9.92. The van der Waals surface area contributed by atoms with E-state index in [4.69, 9.17) is 9.47 Å². The molecule has 3 unspecified atom stereocenters. The quantitative estimate of drug-likeness (QED) is 0.599. The first-order valence-electron chi connectivity index (χ1n) is 12.4. The predicted molar refractivity (Wildman–Crippen MR) is 136 cm³/mol. The second-order valence-corrected chi connectivity index (χ2v) is 9.11. The average Bonchev–Trinajstić information content (AvgIpc) is 3.31. The molecule has 0 radical (unpaired) electrons. The van der Waals surface area contributed by atoms with Crippen molar-refractivity contribution >= 4 is 23.6 Å². The zero-order valence-corrected chi connectivity index (χ0v) is 21.0. The molecular formula is C27H34N4O5. The molecule has 2 aromatic rings. The number of esters is 1. The van der Waals surface area contributed by atoms with Gasteiger partial charge in [-0.3, -0.25) is 9.59 Å². The molecule has 2 N–H and O–H groups in total. The zero-order valence-electron chi connectivity index (χ0n) is 21.0. The summed E-state index contributed by atoms with van der Waals surface area (Å²) in [6.07, 6.45) is 0.205. The smallest absolute Gasteiger partial charge is 0.323 e. The first kappa shape index (κ1) is 25.5. The number of benzene rings is 2. The standard InChI is InChI=1S/C27H34N4O5/c1-4-36-26(33)22-17-23(25(32)30-15-13-28-14-16-30)31(24(22)19-7-5-18(2)6-8-19)27(34)29-20-9-11-21(35-3)12-10-20/h5-12,22-24,28H,4,13-17H2,1-3H3,(H,29,34).